The zero-order chi connectivity index (χ0) is 36.0. The highest BCUT2D eigenvalue weighted by atomic mass is 16.5. The van der Waals surface area contributed by atoms with Gasteiger partial charge in [0.05, 0.1) is 12.7 Å². The van der Waals surface area contributed by atoms with Crippen LogP contribution in [-0.2, 0) is 19.1 Å². The predicted octanol–water partition coefficient (Wildman–Crippen LogP) is 9.85. The van der Waals surface area contributed by atoms with E-state index < -0.39 is 12.1 Å². The summed E-state index contributed by atoms with van der Waals surface area (Å²) >= 11 is 0. The Balaban J connectivity index is 4.44. The van der Waals surface area contributed by atoms with Gasteiger partial charge in [0, 0.05) is 33.2 Å². The standard InChI is InChI=1S/C40H79N3O6/c1-4-6-8-10-12-14-16-18-20-22-24-28-32-48-35-37(49-33-29-25-23-21-19-17-15-13-11-9-7-5-2)34-42-39(45)38(43-36(3)44)30-26-27-31-41-40(46)47/h37-38,41H,4-35H2,1-3H3,(H,42,45)(H,43,44)(H,46,47)/t37?,38-/m0/s1. The number of ether oxygens (including phenoxy) is 2. The maximum Gasteiger partial charge on any atom is 0.404 e. The van der Waals surface area contributed by atoms with Gasteiger partial charge >= 0.3 is 6.09 Å². The molecule has 2 atom stereocenters. The van der Waals surface area contributed by atoms with E-state index in [4.69, 9.17) is 14.6 Å². The molecule has 9 nitrogen and oxygen atoms in total. The first-order valence-corrected chi connectivity index (χ1v) is 20.6. The molecule has 0 rings (SSSR count). The number of hydrogen-bond acceptors (Lipinski definition) is 5. The van der Waals surface area contributed by atoms with E-state index in [-0.39, 0.29) is 17.9 Å². The topological polar surface area (TPSA) is 126 Å². The fourth-order valence-corrected chi connectivity index (χ4v) is 6.14. The normalized spacial score (nSPS) is 12.5. The smallest absolute Gasteiger partial charge is 0.404 e. The van der Waals surface area contributed by atoms with Crippen LogP contribution in [0.4, 0.5) is 4.79 Å². The highest BCUT2D eigenvalue weighted by Gasteiger charge is 2.20. The predicted molar refractivity (Wildman–Crippen MR) is 203 cm³/mol. The van der Waals surface area contributed by atoms with E-state index in [1.807, 2.05) is 0 Å². The number of carboxylic acid groups (broad SMARTS) is 1. The first-order chi connectivity index (χ1) is 23.9. The Labute approximate surface area is 301 Å². The lowest BCUT2D eigenvalue weighted by Crippen LogP contribution is -2.48. The van der Waals surface area contributed by atoms with Crippen LogP contribution >= 0.6 is 0 Å². The molecule has 0 aromatic rings. The number of carbonyl (C=O) groups is 3. The van der Waals surface area contributed by atoms with Crippen molar-refractivity contribution >= 4 is 17.9 Å². The summed E-state index contributed by atoms with van der Waals surface area (Å²) in [6.45, 7) is 8.34. The number of unbranched alkanes of at least 4 members (excludes halogenated alkanes) is 23. The number of rotatable bonds is 38. The van der Waals surface area contributed by atoms with Crippen molar-refractivity contribution in [2.24, 2.45) is 0 Å². The van der Waals surface area contributed by atoms with E-state index in [2.05, 4.69) is 29.8 Å². The third-order valence-corrected chi connectivity index (χ3v) is 9.19. The molecule has 0 radical (unpaired) electrons. The molecular formula is C40H79N3O6. The minimum Gasteiger partial charge on any atom is -0.465 e. The molecule has 0 saturated carbocycles. The van der Waals surface area contributed by atoms with Crippen molar-refractivity contribution in [3.05, 3.63) is 0 Å². The van der Waals surface area contributed by atoms with Crippen molar-refractivity contribution in [2.75, 3.05) is 32.9 Å². The SMILES string of the molecule is CCCCCCCCCCCCCCOCC(CNC(=O)[C@H](CCCCNC(=O)O)NC(C)=O)OCCCCCCCCCCCCCC. The Morgan fingerprint density at radius 1 is 0.571 bits per heavy atom. The first kappa shape index (κ1) is 47.1. The average Bonchev–Trinajstić information content (AvgIpc) is 3.07. The fraction of sp³-hybridized carbons (Fsp3) is 0.925. The number of nitrogens with one attached hydrogen (secondary N) is 3. The molecule has 0 aliphatic rings. The molecule has 0 aromatic heterocycles. The third-order valence-electron chi connectivity index (χ3n) is 9.19. The van der Waals surface area contributed by atoms with Crippen LogP contribution in [0, 0.1) is 0 Å². The van der Waals surface area contributed by atoms with Gasteiger partial charge in [0.25, 0.3) is 0 Å². The van der Waals surface area contributed by atoms with Crippen molar-refractivity contribution in [1.82, 2.24) is 16.0 Å². The minimum absolute atomic E-state index is 0.244. The quantitative estimate of drug-likeness (QED) is 0.0476. The van der Waals surface area contributed by atoms with Crippen LogP contribution in [0.3, 0.4) is 0 Å². The molecule has 0 saturated heterocycles. The van der Waals surface area contributed by atoms with Gasteiger partial charge in [0.2, 0.25) is 11.8 Å². The lowest BCUT2D eigenvalue weighted by molar-refractivity contribution is -0.129. The zero-order valence-corrected chi connectivity index (χ0v) is 32.3. The van der Waals surface area contributed by atoms with Gasteiger partial charge in [-0.25, -0.2) is 4.79 Å². The van der Waals surface area contributed by atoms with Crippen LogP contribution in [0.5, 0.6) is 0 Å². The second-order valence-electron chi connectivity index (χ2n) is 14.1. The average molecular weight is 698 g/mol. The highest BCUT2D eigenvalue weighted by Crippen LogP contribution is 2.14. The molecule has 0 bridgehead atoms. The van der Waals surface area contributed by atoms with E-state index >= 15 is 0 Å². The summed E-state index contributed by atoms with van der Waals surface area (Å²) in [6.07, 6.45) is 31.6. The third kappa shape index (κ3) is 35.7. The van der Waals surface area contributed by atoms with Gasteiger partial charge in [-0.15, -0.1) is 0 Å². The summed E-state index contributed by atoms with van der Waals surface area (Å²) in [5, 5.41) is 16.8. The molecule has 0 aliphatic carbocycles. The Bertz CT molecular complexity index is 754. The molecule has 9 heteroatoms. The lowest BCUT2D eigenvalue weighted by Gasteiger charge is -2.22. The molecule has 0 aliphatic heterocycles. The largest absolute Gasteiger partial charge is 0.465 e. The van der Waals surface area contributed by atoms with Crippen LogP contribution in [0.25, 0.3) is 0 Å². The summed E-state index contributed by atoms with van der Waals surface area (Å²) < 4.78 is 12.2. The maximum atomic E-state index is 13.0. The molecule has 0 spiro atoms. The number of hydrogen-bond donors (Lipinski definition) is 4. The molecule has 290 valence electrons. The summed E-state index contributed by atoms with van der Waals surface area (Å²) in [5.41, 5.74) is 0. The van der Waals surface area contributed by atoms with Gasteiger partial charge in [-0.2, -0.15) is 0 Å². The van der Waals surface area contributed by atoms with Crippen LogP contribution in [0.2, 0.25) is 0 Å². The van der Waals surface area contributed by atoms with Crippen LogP contribution in [-0.4, -0.2) is 68.1 Å². The molecule has 49 heavy (non-hydrogen) atoms. The maximum absolute atomic E-state index is 13.0. The van der Waals surface area contributed by atoms with E-state index in [0.717, 1.165) is 19.3 Å². The lowest BCUT2D eigenvalue weighted by atomic mass is 10.1. The molecule has 0 aromatic carbocycles. The Morgan fingerprint density at radius 2 is 1.02 bits per heavy atom. The highest BCUT2D eigenvalue weighted by molar-refractivity contribution is 5.86. The zero-order valence-electron chi connectivity index (χ0n) is 32.3. The van der Waals surface area contributed by atoms with Gasteiger partial charge in [0.15, 0.2) is 0 Å². The molecule has 0 heterocycles. The summed E-state index contributed by atoms with van der Waals surface area (Å²) in [6, 6.07) is -0.665. The number of carbonyl (C=O) groups excluding carboxylic acids is 2. The Morgan fingerprint density at radius 3 is 1.47 bits per heavy atom. The van der Waals surface area contributed by atoms with Crippen molar-refractivity contribution < 1.29 is 29.0 Å². The van der Waals surface area contributed by atoms with Crippen molar-refractivity contribution in [3.8, 4) is 0 Å². The fourth-order valence-electron chi connectivity index (χ4n) is 6.14. The Hall–Kier alpha value is -1.87. The van der Waals surface area contributed by atoms with E-state index in [1.165, 1.54) is 142 Å². The Kier molecular flexibility index (Phi) is 36.0. The molecule has 1 unspecified atom stereocenters. The second kappa shape index (κ2) is 37.4. The van der Waals surface area contributed by atoms with Crippen LogP contribution in [0.15, 0.2) is 0 Å². The summed E-state index contributed by atoms with van der Waals surface area (Å²) in [5.74, 6) is -0.518. The van der Waals surface area contributed by atoms with Crippen LogP contribution < -0.4 is 16.0 Å². The van der Waals surface area contributed by atoms with E-state index in [9.17, 15) is 14.4 Å². The first-order valence-electron chi connectivity index (χ1n) is 20.6. The summed E-state index contributed by atoms with van der Waals surface area (Å²) in [4.78, 5) is 35.4. The van der Waals surface area contributed by atoms with Gasteiger partial charge in [0.1, 0.15) is 6.04 Å². The van der Waals surface area contributed by atoms with Crippen molar-refractivity contribution in [1.29, 1.82) is 0 Å². The van der Waals surface area contributed by atoms with Gasteiger partial charge in [-0.05, 0) is 32.1 Å². The van der Waals surface area contributed by atoms with Gasteiger partial charge in [-0.3, -0.25) is 9.59 Å². The molecular weight excluding hydrogens is 618 g/mol. The van der Waals surface area contributed by atoms with Gasteiger partial charge < -0.3 is 30.5 Å². The van der Waals surface area contributed by atoms with E-state index in [0.29, 0.717) is 52.2 Å². The van der Waals surface area contributed by atoms with Gasteiger partial charge in [-0.1, -0.05) is 155 Å². The second-order valence-corrected chi connectivity index (χ2v) is 14.1. The summed E-state index contributed by atoms with van der Waals surface area (Å²) in [7, 11) is 0. The molecule has 3 amide bonds. The molecule has 0 fully saturated rings. The number of amides is 3. The van der Waals surface area contributed by atoms with Crippen molar-refractivity contribution in [2.45, 2.75) is 206 Å². The molecule has 4 N–H and O–H groups in total. The minimum atomic E-state index is -1.06. The monoisotopic (exact) mass is 698 g/mol. The van der Waals surface area contributed by atoms with Crippen molar-refractivity contribution in [3.63, 3.8) is 0 Å². The van der Waals surface area contributed by atoms with Crippen LogP contribution in [0.1, 0.15) is 194 Å². The van der Waals surface area contributed by atoms with E-state index in [1.54, 1.807) is 0 Å².